The van der Waals surface area contributed by atoms with Crippen LogP contribution < -0.4 is 5.32 Å². The first-order chi connectivity index (χ1) is 11.2. The average Bonchev–Trinajstić information content (AvgIpc) is 2.96. The van der Waals surface area contributed by atoms with Gasteiger partial charge in [0, 0.05) is 42.9 Å². The molecule has 0 saturated heterocycles. The number of hydrogen-bond acceptors (Lipinski definition) is 2. The lowest BCUT2D eigenvalue weighted by Crippen LogP contribution is -2.25. The van der Waals surface area contributed by atoms with Crippen LogP contribution in [0, 0.1) is 0 Å². The number of fused-ring (bicyclic) bond motifs is 1. The van der Waals surface area contributed by atoms with Crippen molar-refractivity contribution in [3.63, 3.8) is 0 Å². The zero-order valence-corrected chi connectivity index (χ0v) is 13.5. The molecule has 0 radical (unpaired) electrons. The predicted molar refractivity (Wildman–Crippen MR) is 92.8 cm³/mol. The third kappa shape index (κ3) is 3.11. The van der Waals surface area contributed by atoms with Gasteiger partial charge in [-0.2, -0.15) is 0 Å². The van der Waals surface area contributed by atoms with Gasteiger partial charge in [-0.15, -0.1) is 0 Å². The minimum absolute atomic E-state index is 0.00775. The number of hydrogen-bond donors (Lipinski definition) is 1. The Morgan fingerprint density at radius 1 is 1.22 bits per heavy atom. The molecule has 3 aromatic rings. The predicted octanol–water partition coefficient (Wildman–Crippen LogP) is 3.66. The Morgan fingerprint density at radius 2 is 2.00 bits per heavy atom. The number of aromatic nitrogens is 2. The van der Waals surface area contributed by atoms with Gasteiger partial charge >= 0.3 is 0 Å². The maximum atomic E-state index is 11.3. The van der Waals surface area contributed by atoms with Crippen molar-refractivity contribution in [1.82, 2.24) is 14.9 Å². The monoisotopic (exact) mass is 307 g/mol. The lowest BCUT2D eigenvalue weighted by Gasteiger charge is -2.14. The molecule has 1 amide bonds. The molecule has 0 fully saturated rings. The molecule has 0 aliphatic rings. The van der Waals surface area contributed by atoms with Crippen LogP contribution in [0.1, 0.15) is 31.7 Å². The van der Waals surface area contributed by atoms with Gasteiger partial charge in [-0.3, -0.25) is 4.79 Å². The van der Waals surface area contributed by atoms with Gasteiger partial charge in [0.05, 0.1) is 0 Å². The molecule has 4 nitrogen and oxygen atoms in total. The summed E-state index contributed by atoms with van der Waals surface area (Å²) < 4.78 is 2.13. The lowest BCUT2D eigenvalue weighted by molar-refractivity contribution is -0.119. The Kier molecular flexibility index (Phi) is 4.42. The molecule has 0 aliphatic heterocycles. The number of rotatable bonds is 5. The van der Waals surface area contributed by atoms with E-state index < -0.39 is 0 Å². The van der Waals surface area contributed by atoms with E-state index in [1.165, 1.54) is 5.56 Å². The summed E-state index contributed by atoms with van der Waals surface area (Å²) in [5.74, 6) is 0.281. The molecule has 2 aromatic heterocycles. The Labute approximate surface area is 136 Å². The molecule has 0 bridgehead atoms. The van der Waals surface area contributed by atoms with Crippen LogP contribution >= 0.6 is 0 Å². The third-order valence-electron chi connectivity index (χ3n) is 4.16. The largest absolute Gasteiger partial charge is 0.356 e. The fraction of sp³-hybridized carbons (Fsp3) is 0.263. The van der Waals surface area contributed by atoms with Crippen molar-refractivity contribution in [3.05, 3.63) is 60.4 Å². The van der Waals surface area contributed by atoms with Crippen LogP contribution in [-0.4, -0.2) is 22.0 Å². The minimum atomic E-state index is 0.00775. The van der Waals surface area contributed by atoms with Gasteiger partial charge in [0.2, 0.25) is 5.91 Å². The van der Waals surface area contributed by atoms with E-state index in [-0.39, 0.29) is 11.8 Å². The number of benzene rings is 1. The molecule has 2 heterocycles. The molecule has 1 N–H and O–H groups in total. The molecule has 0 spiro atoms. The number of nitrogens with one attached hydrogen (secondary N) is 1. The van der Waals surface area contributed by atoms with Gasteiger partial charge < -0.3 is 9.88 Å². The molecule has 1 unspecified atom stereocenters. The van der Waals surface area contributed by atoms with E-state index in [1.54, 1.807) is 6.92 Å². The first-order valence-electron chi connectivity index (χ1n) is 7.96. The zero-order chi connectivity index (χ0) is 16.2. The first kappa shape index (κ1) is 15.3. The molecule has 118 valence electrons. The van der Waals surface area contributed by atoms with E-state index in [1.807, 2.05) is 30.5 Å². The SMILES string of the molecule is CCC(CNC(C)=O)c1cn(-c2ccccc2)c2ncccc12. The summed E-state index contributed by atoms with van der Waals surface area (Å²) in [4.78, 5) is 15.8. The lowest BCUT2D eigenvalue weighted by atomic mass is 9.96. The number of nitrogens with zero attached hydrogens (tertiary/aromatic N) is 2. The van der Waals surface area contributed by atoms with Crippen LogP contribution in [0.5, 0.6) is 0 Å². The molecular formula is C19H21N3O. The van der Waals surface area contributed by atoms with Crippen LogP contribution in [-0.2, 0) is 4.79 Å². The molecule has 0 aliphatic carbocycles. The summed E-state index contributed by atoms with van der Waals surface area (Å²) in [6.45, 7) is 4.35. The summed E-state index contributed by atoms with van der Waals surface area (Å²) in [6, 6.07) is 14.3. The van der Waals surface area contributed by atoms with E-state index in [0.717, 1.165) is 23.1 Å². The zero-order valence-electron chi connectivity index (χ0n) is 13.5. The van der Waals surface area contributed by atoms with Gasteiger partial charge in [-0.1, -0.05) is 25.1 Å². The summed E-state index contributed by atoms with van der Waals surface area (Å²) in [7, 11) is 0. The maximum absolute atomic E-state index is 11.3. The molecular weight excluding hydrogens is 286 g/mol. The summed E-state index contributed by atoms with van der Waals surface area (Å²) in [5.41, 5.74) is 3.28. The van der Waals surface area contributed by atoms with Gasteiger partial charge in [-0.25, -0.2) is 4.98 Å². The highest BCUT2D eigenvalue weighted by Gasteiger charge is 2.18. The first-order valence-corrected chi connectivity index (χ1v) is 7.96. The maximum Gasteiger partial charge on any atom is 0.216 e. The highest BCUT2D eigenvalue weighted by Crippen LogP contribution is 2.30. The fourth-order valence-corrected chi connectivity index (χ4v) is 2.94. The Hall–Kier alpha value is -2.62. The van der Waals surface area contributed by atoms with Crippen molar-refractivity contribution < 1.29 is 4.79 Å². The van der Waals surface area contributed by atoms with Gasteiger partial charge in [-0.05, 0) is 36.2 Å². The van der Waals surface area contributed by atoms with Crippen LogP contribution in [0.3, 0.4) is 0 Å². The third-order valence-corrected chi connectivity index (χ3v) is 4.16. The number of pyridine rings is 1. The second-order valence-electron chi connectivity index (χ2n) is 5.71. The number of carbonyl (C=O) groups is 1. The second kappa shape index (κ2) is 6.65. The van der Waals surface area contributed by atoms with E-state index in [0.29, 0.717) is 6.54 Å². The standard InChI is InChI=1S/C19H21N3O/c1-3-15(12-21-14(2)23)18-13-22(16-8-5-4-6-9-16)19-17(18)10-7-11-20-19/h4-11,13,15H,3,12H2,1-2H3,(H,21,23). The van der Waals surface area contributed by atoms with Crippen molar-refractivity contribution in [1.29, 1.82) is 0 Å². The molecule has 4 heteroatoms. The van der Waals surface area contributed by atoms with Gasteiger partial charge in [0.25, 0.3) is 0 Å². The van der Waals surface area contributed by atoms with Crippen LogP contribution in [0.25, 0.3) is 16.7 Å². The normalized spacial score (nSPS) is 12.3. The quantitative estimate of drug-likeness (QED) is 0.782. The van der Waals surface area contributed by atoms with Gasteiger partial charge in [0.1, 0.15) is 5.65 Å². The highest BCUT2D eigenvalue weighted by molar-refractivity contribution is 5.83. The van der Waals surface area contributed by atoms with E-state index in [9.17, 15) is 4.79 Å². The average molecular weight is 307 g/mol. The van der Waals surface area contributed by atoms with Crippen molar-refractivity contribution >= 4 is 16.9 Å². The van der Waals surface area contributed by atoms with Crippen LogP contribution in [0.4, 0.5) is 0 Å². The topological polar surface area (TPSA) is 46.9 Å². The second-order valence-corrected chi connectivity index (χ2v) is 5.71. The molecule has 3 rings (SSSR count). The number of amides is 1. The molecule has 1 aromatic carbocycles. The van der Waals surface area contributed by atoms with E-state index in [2.05, 4.69) is 46.2 Å². The fourth-order valence-electron chi connectivity index (χ4n) is 2.94. The minimum Gasteiger partial charge on any atom is -0.356 e. The molecule has 0 saturated carbocycles. The van der Waals surface area contributed by atoms with Crippen molar-refractivity contribution in [2.75, 3.05) is 6.54 Å². The molecule has 23 heavy (non-hydrogen) atoms. The van der Waals surface area contributed by atoms with Gasteiger partial charge in [0.15, 0.2) is 0 Å². The Morgan fingerprint density at radius 3 is 2.70 bits per heavy atom. The Balaban J connectivity index is 2.09. The Bertz CT molecular complexity index is 808. The number of carbonyl (C=O) groups excluding carboxylic acids is 1. The van der Waals surface area contributed by atoms with Crippen LogP contribution in [0.2, 0.25) is 0 Å². The number of para-hydroxylation sites is 1. The summed E-state index contributed by atoms with van der Waals surface area (Å²) >= 11 is 0. The van der Waals surface area contributed by atoms with Crippen molar-refractivity contribution in [2.24, 2.45) is 0 Å². The highest BCUT2D eigenvalue weighted by atomic mass is 16.1. The van der Waals surface area contributed by atoms with Crippen molar-refractivity contribution in [3.8, 4) is 5.69 Å². The van der Waals surface area contributed by atoms with E-state index in [4.69, 9.17) is 0 Å². The van der Waals surface area contributed by atoms with Crippen LogP contribution in [0.15, 0.2) is 54.9 Å². The van der Waals surface area contributed by atoms with E-state index >= 15 is 0 Å². The smallest absolute Gasteiger partial charge is 0.216 e. The molecule has 1 atom stereocenters. The van der Waals surface area contributed by atoms with Crippen molar-refractivity contribution in [2.45, 2.75) is 26.2 Å². The summed E-state index contributed by atoms with van der Waals surface area (Å²) in [5, 5.41) is 4.09. The summed E-state index contributed by atoms with van der Waals surface area (Å²) in [6.07, 6.45) is 4.94.